The van der Waals surface area contributed by atoms with Crippen LogP contribution >= 0.6 is 0 Å². The summed E-state index contributed by atoms with van der Waals surface area (Å²) in [6.07, 6.45) is 8.33. The molecule has 1 aliphatic carbocycles. The molecule has 0 N–H and O–H groups in total. The summed E-state index contributed by atoms with van der Waals surface area (Å²) >= 11 is 0. The van der Waals surface area contributed by atoms with Crippen molar-refractivity contribution in [3.63, 3.8) is 0 Å². The summed E-state index contributed by atoms with van der Waals surface area (Å²) in [6.45, 7) is 4.63. The molecule has 2 aliphatic heterocycles. The fourth-order valence-corrected chi connectivity index (χ4v) is 5.21. The third kappa shape index (κ3) is 2.96. The molecule has 1 spiro atoms. The Morgan fingerprint density at radius 3 is 2.61 bits per heavy atom. The van der Waals surface area contributed by atoms with E-state index in [1.54, 1.807) is 12.4 Å². The number of benzene rings is 1. The molecule has 1 aromatic carbocycles. The van der Waals surface area contributed by atoms with Crippen molar-refractivity contribution in [1.82, 2.24) is 14.9 Å². The van der Waals surface area contributed by atoms with E-state index in [1.165, 1.54) is 11.1 Å². The van der Waals surface area contributed by atoms with Gasteiger partial charge in [0.05, 0.1) is 25.3 Å². The number of anilines is 1. The SMILES string of the molecule is O=C(C1CC2(CCN(c3cnccn3)CC2)c2ccccc21)N1CCOCC1. The molecule has 3 aliphatic rings. The van der Waals surface area contributed by atoms with Gasteiger partial charge >= 0.3 is 0 Å². The second kappa shape index (κ2) is 7.17. The first kappa shape index (κ1) is 17.6. The minimum Gasteiger partial charge on any atom is -0.378 e. The number of hydrogen-bond acceptors (Lipinski definition) is 5. The zero-order chi connectivity index (χ0) is 19.0. The van der Waals surface area contributed by atoms with E-state index in [1.807, 2.05) is 11.1 Å². The van der Waals surface area contributed by atoms with Gasteiger partial charge in [-0.25, -0.2) is 4.98 Å². The normalized spacial score (nSPS) is 23.6. The van der Waals surface area contributed by atoms with E-state index in [0.717, 1.165) is 38.2 Å². The van der Waals surface area contributed by atoms with Crippen LogP contribution in [0.4, 0.5) is 5.82 Å². The van der Waals surface area contributed by atoms with Gasteiger partial charge in [0.2, 0.25) is 5.91 Å². The summed E-state index contributed by atoms with van der Waals surface area (Å²) in [4.78, 5) is 26.3. The fraction of sp³-hybridized carbons (Fsp3) is 0.500. The molecule has 0 bridgehead atoms. The molecule has 2 aromatic rings. The second-order valence-electron chi connectivity index (χ2n) is 8.11. The number of hydrogen-bond donors (Lipinski definition) is 0. The molecule has 0 radical (unpaired) electrons. The Morgan fingerprint density at radius 1 is 1.07 bits per heavy atom. The summed E-state index contributed by atoms with van der Waals surface area (Å²) in [7, 11) is 0. The Hall–Kier alpha value is -2.47. The van der Waals surface area contributed by atoms with Crippen molar-refractivity contribution < 1.29 is 9.53 Å². The molecule has 1 amide bonds. The number of carbonyl (C=O) groups is 1. The maximum absolute atomic E-state index is 13.3. The molecule has 2 saturated heterocycles. The van der Waals surface area contributed by atoms with Crippen molar-refractivity contribution in [2.75, 3.05) is 44.3 Å². The summed E-state index contributed by atoms with van der Waals surface area (Å²) < 4.78 is 5.44. The van der Waals surface area contributed by atoms with Gasteiger partial charge in [-0.05, 0) is 30.4 Å². The molecule has 1 unspecified atom stereocenters. The minimum absolute atomic E-state index is 0.0163. The van der Waals surface area contributed by atoms with Crippen LogP contribution in [0.25, 0.3) is 0 Å². The summed E-state index contributed by atoms with van der Waals surface area (Å²) in [5.74, 6) is 1.21. The van der Waals surface area contributed by atoms with E-state index in [-0.39, 0.29) is 17.2 Å². The predicted molar refractivity (Wildman–Crippen MR) is 106 cm³/mol. The fourth-order valence-electron chi connectivity index (χ4n) is 5.21. The number of carbonyl (C=O) groups excluding carboxylic acids is 1. The zero-order valence-corrected chi connectivity index (χ0v) is 16.1. The van der Waals surface area contributed by atoms with Crippen LogP contribution in [0.1, 0.15) is 36.3 Å². The first-order valence-corrected chi connectivity index (χ1v) is 10.2. The van der Waals surface area contributed by atoms with Crippen molar-refractivity contribution in [2.45, 2.75) is 30.6 Å². The van der Waals surface area contributed by atoms with Gasteiger partial charge in [0, 0.05) is 44.0 Å². The van der Waals surface area contributed by atoms with Crippen LogP contribution in [0.15, 0.2) is 42.9 Å². The lowest BCUT2D eigenvalue weighted by Gasteiger charge is -2.41. The summed E-state index contributed by atoms with van der Waals surface area (Å²) in [6, 6.07) is 8.62. The Bertz CT molecular complexity index is 843. The van der Waals surface area contributed by atoms with Crippen molar-refractivity contribution in [2.24, 2.45) is 0 Å². The third-order valence-electron chi connectivity index (χ3n) is 6.72. The highest BCUT2D eigenvalue weighted by atomic mass is 16.5. The smallest absolute Gasteiger partial charge is 0.230 e. The lowest BCUT2D eigenvalue weighted by Crippen LogP contribution is -2.44. The highest BCUT2D eigenvalue weighted by Crippen LogP contribution is 2.52. The molecule has 146 valence electrons. The van der Waals surface area contributed by atoms with Gasteiger partial charge in [-0.1, -0.05) is 24.3 Å². The number of amides is 1. The van der Waals surface area contributed by atoms with E-state index in [4.69, 9.17) is 4.74 Å². The Morgan fingerprint density at radius 2 is 1.86 bits per heavy atom. The Balaban J connectivity index is 1.38. The van der Waals surface area contributed by atoms with Crippen LogP contribution in [-0.2, 0) is 14.9 Å². The summed E-state index contributed by atoms with van der Waals surface area (Å²) in [5, 5.41) is 0. The molecular weight excluding hydrogens is 352 g/mol. The number of morpholine rings is 1. The first-order chi connectivity index (χ1) is 13.8. The quantitative estimate of drug-likeness (QED) is 0.803. The first-order valence-electron chi connectivity index (χ1n) is 10.2. The van der Waals surface area contributed by atoms with Gasteiger partial charge in [0.15, 0.2) is 0 Å². The molecule has 1 aromatic heterocycles. The molecule has 5 rings (SSSR count). The number of piperidine rings is 1. The number of ether oxygens (including phenoxy) is 1. The van der Waals surface area contributed by atoms with Crippen LogP contribution in [-0.4, -0.2) is 60.2 Å². The lowest BCUT2D eigenvalue weighted by atomic mass is 9.73. The zero-order valence-electron chi connectivity index (χ0n) is 16.1. The highest BCUT2D eigenvalue weighted by molar-refractivity contribution is 5.86. The number of aromatic nitrogens is 2. The maximum atomic E-state index is 13.3. The molecule has 6 nitrogen and oxygen atoms in total. The maximum Gasteiger partial charge on any atom is 0.230 e. The number of rotatable bonds is 2. The van der Waals surface area contributed by atoms with Crippen LogP contribution in [0.2, 0.25) is 0 Å². The van der Waals surface area contributed by atoms with E-state index in [9.17, 15) is 4.79 Å². The average Bonchev–Trinajstić information content (AvgIpc) is 3.09. The number of fused-ring (bicyclic) bond motifs is 2. The minimum atomic E-state index is -0.0163. The molecule has 6 heteroatoms. The van der Waals surface area contributed by atoms with E-state index in [2.05, 4.69) is 39.1 Å². The number of nitrogens with zero attached hydrogens (tertiary/aromatic N) is 4. The van der Waals surface area contributed by atoms with Crippen LogP contribution < -0.4 is 4.90 Å². The largest absolute Gasteiger partial charge is 0.378 e. The highest BCUT2D eigenvalue weighted by Gasteiger charge is 2.48. The monoisotopic (exact) mass is 378 g/mol. The molecule has 1 atom stereocenters. The van der Waals surface area contributed by atoms with Crippen molar-refractivity contribution in [3.8, 4) is 0 Å². The molecule has 28 heavy (non-hydrogen) atoms. The molecule has 0 saturated carbocycles. The van der Waals surface area contributed by atoms with Gasteiger partial charge in [0.25, 0.3) is 0 Å². The van der Waals surface area contributed by atoms with Gasteiger partial charge in [0.1, 0.15) is 5.82 Å². The predicted octanol–water partition coefficient (Wildman–Crippen LogP) is 2.36. The Labute approximate surface area is 165 Å². The van der Waals surface area contributed by atoms with Crippen LogP contribution in [0, 0.1) is 0 Å². The van der Waals surface area contributed by atoms with Crippen LogP contribution in [0.3, 0.4) is 0 Å². The molecule has 2 fully saturated rings. The van der Waals surface area contributed by atoms with E-state index in [0.29, 0.717) is 26.3 Å². The van der Waals surface area contributed by atoms with Gasteiger partial charge in [-0.2, -0.15) is 0 Å². The topological polar surface area (TPSA) is 58.6 Å². The molecular formula is C22H26N4O2. The van der Waals surface area contributed by atoms with Crippen LogP contribution in [0.5, 0.6) is 0 Å². The van der Waals surface area contributed by atoms with E-state index >= 15 is 0 Å². The second-order valence-corrected chi connectivity index (χ2v) is 8.11. The van der Waals surface area contributed by atoms with Gasteiger partial charge in [-0.15, -0.1) is 0 Å². The standard InChI is InChI=1S/C22H26N4O2/c27-21(26-11-13-28-14-12-26)18-15-22(19-4-2-1-3-17(18)19)5-9-25(10-6-22)20-16-23-7-8-24-20/h1-4,7-8,16,18H,5-6,9-15H2. The lowest BCUT2D eigenvalue weighted by molar-refractivity contribution is -0.137. The van der Waals surface area contributed by atoms with E-state index < -0.39 is 0 Å². The summed E-state index contributed by atoms with van der Waals surface area (Å²) in [5.41, 5.74) is 2.73. The van der Waals surface area contributed by atoms with Gasteiger partial charge < -0.3 is 14.5 Å². The van der Waals surface area contributed by atoms with Crippen molar-refractivity contribution in [3.05, 3.63) is 54.0 Å². The molecule has 3 heterocycles. The van der Waals surface area contributed by atoms with Crippen molar-refractivity contribution >= 4 is 11.7 Å². The van der Waals surface area contributed by atoms with Crippen molar-refractivity contribution in [1.29, 1.82) is 0 Å². The van der Waals surface area contributed by atoms with Gasteiger partial charge in [-0.3, -0.25) is 9.78 Å². The average molecular weight is 378 g/mol. The Kier molecular flexibility index (Phi) is 4.51. The third-order valence-corrected chi connectivity index (χ3v) is 6.72.